The standard InChI is InChI=1S/C12H12O/c1-9-8-11-5-3-2-4-10(11)6-7-12(9)13/h2-8,12-13H,1H3/t12-/m0/s1. The molecule has 1 heteroatoms. The molecule has 0 unspecified atom stereocenters. The fourth-order valence-electron chi connectivity index (χ4n) is 1.47. The molecular weight excluding hydrogens is 160 g/mol. The summed E-state index contributed by atoms with van der Waals surface area (Å²) < 4.78 is 0. The van der Waals surface area contributed by atoms with Crippen LogP contribution >= 0.6 is 0 Å². The molecule has 0 amide bonds. The molecule has 0 saturated carbocycles. The Labute approximate surface area is 78.0 Å². The predicted molar refractivity (Wildman–Crippen MR) is 55.1 cm³/mol. The highest BCUT2D eigenvalue weighted by Crippen LogP contribution is 2.20. The topological polar surface area (TPSA) is 20.2 Å². The van der Waals surface area contributed by atoms with Crippen molar-refractivity contribution in [3.63, 3.8) is 0 Å². The zero-order chi connectivity index (χ0) is 9.26. The van der Waals surface area contributed by atoms with Gasteiger partial charge in [-0.25, -0.2) is 0 Å². The second kappa shape index (κ2) is 3.19. The van der Waals surface area contributed by atoms with Crippen LogP contribution in [0.1, 0.15) is 18.1 Å². The largest absolute Gasteiger partial charge is 0.385 e. The maximum absolute atomic E-state index is 9.57. The summed E-state index contributed by atoms with van der Waals surface area (Å²) in [6, 6.07) is 8.12. The number of hydrogen-bond acceptors (Lipinski definition) is 1. The van der Waals surface area contributed by atoms with E-state index in [-0.39, 0.29) is 0 Å². The summed E-state index contributed by atoms with van der Waals surface area (Å²) in [6.07, 6.45) is 5.37. The van der Waals surface area contributed by atoms with Crippen LogP contribution in [0.25, 0.3) is 12.2 Å². The van der Waals surface area contributed by atoms with E-state index in [0.29, 0.717) is 0 Å². The van der Waals surface area contributed by atoms with Crippen molar-refractivity contribution in [2.75, 3.05) is 0 Å². The molecule has 1 N–H and O–H groups in total. The summed E-state index contributed by atoms with van der Waals surface area (Å²) in [6.45, 7) is 1.94. The Morgan fingerprint density at radius 3 is 2.62 bits per heavy atom. The van der Waals surface area contributed by atoms with Crippen molar-refractivity contribution in [2.45, 2.75) is 13.0 Å². The fourth-order valence-corrected chi connectivity index (χ4v) is 1.47. The summed E-state index contributed by atoms with van der Waals surface area (Å²) in [5, 5.41) is 9.57. The summed E-state index contributed by atoms with van der Waals surface area (Å²) in [7, 11) is 0. The number of benzene rings is 1. The maximum Gasteiger partial charge on any atom is 0.0935 e. The lowest BCUT2D eigenvalue weighted by Crippen LogP contribution is -2.01. The van der Waals surface area contributed by atoms with Gasteiger partial charge in [0.15, 0.2) is 0 Å². The Balaban J connectivity index is 2.56. The van der Waals surface area contributed by atoms with Crippen molar-refractivity contribution in [2.24, 2.45) is 0 Å². The summed E-state index contributed by atoms with van der Waals surface area (Å²) in [5.41, 5.74) is 3.33. The van der Waals surface area contributed by atoms with Crippen LogP contribution in [0.3, 0.4) is 0 Å². The average Bonchev–Trinajstić information content (AvgIpc) is 2.28. The van der Waals surface area contributed by atoms with Gasteiger partial charge < -0.3 is 5.11 Å². The normalized spacial score (nSPS) is 20.5. The molecule has 1 aromatic carbocycles. The summed E-state index contributed by atoms with van der Waals surface area (Å²) in [4.78, 5) is 0. The van der Waals surface area contributed by atoms with Gasteiger partial charge in [0.2, 0.25) is 0 Å². The third kappa shape index (κ3) is 1.56. The van der Waals surface area contributed by atoms with Gasteiger partial charge in [0.1, 0.15) is 0 Å². The van der Waals surface area contributed by atoms with Crippen molar-refractivity contribution < 1.29 is 5.11 Å². The van der Waals surface area contributed by atoms with E-state index in [0.717, 1.165) is 5.57 Å². The molecule has 1 aliphatic rings. The van der Waals surface area contributed by atoms with Gasteiger partial charge in [-0.05, 0) is 23.6 Å². The lowest BCUT2D eigenvalue weighted by atomic mass is 10.1. The van der Waals surface area contributed by atoms with E-state index in [1.807, 2.05) is 43.4 Å². The molecule has 0 aromatic heterocycles. The Bertz CT molecular complexity index is 374. The highest BCUT2D eigenvalue weighted by molar-refractivity contribution is 5.69. The fraction of sp³-hybridized carbons (Fsp3) is 0.167. The summed E-state index contributed by atoms with van der Waals surface area (Å²) in [5.74, 6) is 0. The van der Waals surface area contributed by atoms with Gasteiger partial charge in [-0.3, -0.25) is 0 Å². The molecule has 0 heterocycles. The van der Waals surface area contributed by atoms with E-state index >= 15 is 0 Å². The van der Waals surface area contributed by atoms with Crippen molar-refractivity contribution in [1.29, 1.82) is 0 Å². The van der Waals surface area contributed by atoms with Crippen molar-refractivity contribution in [3.8, 4) is 0 Å². The first-order valence-electron chi connectivity index (χ1n) is 4.41. The van der Waals surface area contributed by atoms with Crippen LogP contribution in [0.4, 0.5) is 0 Å². The van der Waals surface area contributed by atoms with Crippen LogP contribution in [-0.2, 0) is 0 Å². The molecule has 0 spiro atoms. The monoisotopic (exact) mass is 172 g/mol. The number of aliphatic hydroxyl groups excluding tert-OH is 1. The third-order valence-corrected chi connectivity index (χ3v) is 2.30. The van der Waals surface area contributed by atoms with E-state index in [9.17, 15) is 5.11 Å². The van der Waals surface area contributed by atoms with Gasteiger partial charge in [-0.1, -0.05) is 42.5 Å². The van der Waals surface area contributed by atoms with E-state index in [1.165, 1.54) is 11.1 Å². The zero-order valence-electron chi connectivity index (χ0n) is 7.57. The van der Waals surface area contributed by atoms with E-state index < -0.39 is 6.10 Å². The quantitative estimate of drug-likeness (QED) is 0.637. The first-order chi connectivity index (χ1) is 6.27. The van der Waals surface area contributed by atoms with Gasteiger partial charge in [-0.15, -0.1) is 0 Å². The van der Waals surface area contributed by atoms with Crippen LogP contribution in [0.2, 0.25) is 0 Å². The average molecular weight is 172 g/mol. The highest BCUT2D eigenvalue weighted by Gasteiger charge is 2.07. The molecule has 2 rings (SSSR count). The molecule has 1 aliphatic carbocycles. The molecule has 0 aliphatic heterocycles. The molecule has 1 aromatic rings. The van der Waals surface area contributed by atoms with Gasteiger partial charge in [0, 0.05) is 0 Å². The minimum absolute atomic E-state index is 0.438. The minimum Gasteiger partial charge on any atom is -0.385 e. The van der Waals surface area contributed by atoms with Crippen LogP contribution < -0.4 is 0 Å². The molecule has 0 bridgehead atoms. The number of fused-ring (bicyclic) bond motifs is 1. The second-order valence-corrected chi connectivity index (χ2v) is 3.32. The Kier molecular flexibility index (Phi) is 2.03. The zero-order valence-corrected chi connectivity index (χ0v) is 7.57. The van der Waals surface area contributed by atoms with Crippen molar-refractivity contribution >= 4 is 12.2 Å². The molecule has 0 radical (unpaired) electrons. The van der Waals surface area contributed by atoms with Gasteiger partial charge in [0.25, 0.3) is 0 Å². The van der Waals surface area contributed by atoms with Crippen LogP contribution in [0.15, 0.2) is 35.9 Å². The van der Waals surface area contributed by atoms with Crippen LogP contribution in [-0.4, -0.2) is 11.2 Å². The smallest absolute Gasteiger partial charge is 0.0935 e. The van der Waals surface area contributed by atoms with E-state index in [1.54, 1.807) is 0 Å². The highest BCUT2D eigenvalue weighted by atomic mass is 16.3. The molecule has 0 fully saturated rings. The third-order valence-electron chi connectivity index (χ3n) is 2.30. The Morgan fingerprint density at radius 2 is 1.85 bits per heavy atom. The maximum atomic E-state index is 9.57. The van der Waals surface area contributed by atoms with Crippen LogP contribution in [0, 0.1) is 0 Å². The van der Waals surface area contributed by atoms with Crippen molar-refractivity contribution in [1.82, 2.24) is 0 Å². The molecular formula is C12H12O. The molecule has 13 heavy (non-hydrogen) atoms. The van der Waals surface area contributed by atoms with Crippen molar-refractivity contribution in [3.05, 3.63) is 47.0 Å². The SMILES string of the molecule is CC1=Cc2ccccc2C=C[C@@H]1O. The van der Waals surface area contributed by atoms with E-state index in [2.05, 4.69) is 6.07 Å². The molecule has 0 saturated heterocycles. The minimum atomic E-state index is -0.438. The second-order valence-electron chi connectivity index (χ2n) is 3.32. The lowest BCUT2D eigenvalue weighted by Gasteiger charge is -2.02. The number of aliphatic hydroxyl groups is 1. The first kappa shape index (κ1) is 8.27. The van der Waals surface area contributed by atoms with Gasteiger partial charge in [-0.2, -0.15) is 0 Å². The Hall–Kier alpha value is -1.34. The van der Waals surface area contributed by atoms with Gasteiger partial charge >= 0.3 is 0 Å². The molecule has 1 atom stereocenters. The molecule has 1 nitrogen and oxygen atoms in total. The number of rotatable bonds is 0. The number of hydrogen-bond donors (Lipinski definition) is 1. The predicted octanol–water partition coefficient (Wildman–Crippen LogP) is 2.48. The van der Waals surface area contributed by atoms with Crippen LogP contribution in [0.5, 0.6) is 0 Å². The summed E-state index contributed by atoms with van der Waals surface area (Å²) >= 11 is 0. The first-order valence-corrected chi connectivity index (χ1v) is 4.41. The lowest BCUT2D eigenvalue weighted by molar-refractivity contribution is 0.261. The van der Waals surface area contributed by atoms with Gasteiger partial charge in [0.05, 0.1) is 6.10 Å². The van der Waals surface area contributed by atoms with E-state index in [4.69, 9.17) is 0 Å². The Morgan fingerprint density at radius 1 is 1.15 bits per heavy atom. The molecule has 66 valence electrons.